The van der Waals surface area contributed by atoms with E-state index in [-0.39, 0.29) is 0 Å². The lowest BCUT2D eigenvalue weighted by Gasteiger charge is -2.09. The van der Waals surface area contributed by atoms with Gasteiger partial charge in [0, 0.05) is 23.2 Å². The second-order valence-corrected chi connectivity index (χ2v) is 4.80. The van der Waals surface area contributed by atoms with Crippen molar-refractivity contribution in [1.82, 2.24) is 4.98 Å². The number of nitrogens with one attached hydrogen (secondary N) is 1. The van der Waals surface area contributed by atoms with Gasteiger partial charge in [0.15, 0.2) is 0 Å². The van der Waals surface area contributed by atoms with Crippen molar-refractivity contribution in [2.75, 3.05) is 5.32 Å². The molecule has 0 aliphatic heterocycles. The van der Waals surface area contributed by atoms with E-state index in [0.717, 1.165) is 28.2 Å². The first kappa shape index (κ1) is 12.0. The van der Waals surface area contributed by atoms with Crippen LogP contribution in [-0.4, -0.2) is 4.98 Å². The second-order valence-electron chi connectivity index (χ2n) is 4.36. The minimum absolute atomic E-state index is 0.757. The van der Waals surface area contributed by atoms with E-state index in [1.807, 2.05) is 48.7 Å². The van der Waals surface area contributed by atoms with Gasteiger partial charge in [-0.1, -0.05) is 41.9 Å². The second kappa shape index (κ2) is 5.29. The molecule has 3 aromatic rings. The summed E-state index contributed by atoms with van der Waals surface area (Å²) in [4.78, 5) is 4.42. The molecule has 0 radical (unpaired) electrons. The fraction of sp³-hybridized carbons (Fsp3) is 0.0625. The van der Waals surface area contributed by atoms with Gasteiger partial charge in [-0.05, 0) is 29.8 Å². The van der Waals surface area contributed by atoms with E-state index in [2.05, 4.69) is 22.4 Å². The Kier molecular flexibility index (Phi) is 3.34. The summed E-state index contributed by atoms with van der Waals surface area (Å²) in [6.45, 7) is 0.757. The van der Waals surface area contributed by atoms with Gasteiger partial charge in [0.1, 0.15) is 0 Å². The first-order valence-electron chi connectivity index (χ1n) is 6.15. The normalized spacial score (nSPS) is 10.6. The van der Waals surface area contributed by atoms with E-state index in [0.29, 0.717) is 0 Å². The largest absolute Gasteiger partial charge is 0.379 e. The van der Waals surface area contributed by atoms with Crippen LogP contribution in [0.25, 0.3) is 10.9 Å². The Labute approximate surface area is 117 Å². The summed E-state index contributed by atoms with van der Waals surface area (Å²) in [5.74, 6) is 0. The zero-order valence-electron chi connectivity index (χ0n) is 10.3. The molecule has 19 heavy (non-hydrogen) atoms. The van der Waals surface area contributed by atoms with Crippen molar-refractivity contribution in [3.05, 3.63) is 71.4 Å². The van der Waals surface area contributed by atoms with Crippen molar-refractivity contribution in [2.24, 2.45) is 0 Å². The number of para-hydroxylation sites is 1. The van der Waals surface area contributed by atoms with Crippen LogP contribution in [0.4, 0.5) is 5.69 Å². The zero-order chi connectivity index (χ0) is 13.1. The maximum absolute atomic E-state index is 5.88. The molecule has 0 amide bonds. The molecule has 1 N–H and O–H groups in total. The van der Waals surface area contributed by atoms with Crippen LogP contribution in [0.3, 0.4) is 0 Å². The molecular formula is C16H13ClN2. The topological polar surface area (TPSA) is 24.9 Å². The average Bonchev–Trinajstić information content (AvgIpc) is 2.47. The predicted molar refractivity (Wildman–Crippen MR) is 80.5 cm³/mol. The molecule has 0 bridgehead atoms. The highest BCUT2D eigenvalue weighted by Gasteiger charge is 2.01. The van der Waals surface area contributed by atoms with Crippen molar-refractivity contribution in [3.8, 4) is 0 Å². The van der Waals surface area contributed by atoms with Crippen LogP contribution in [0.5, 0.6) is 0 Å². The van der Waals surface area contributed by atoms with Gasteiger partial charge in [-0.15, -0.1) is 0 Å². The first-order chi connectivity index (χ1) is 9.33. The molecule has 3 rings (SSSR count). The lowest BCUT2D eigenvalue weighted by Crippen LogP contribution is -2.00. The summed E-state index contributed by atoms with van der Waals surface area (Å²) in [6, 6.07) is 18.0. The molecule has 94 valence electrons. The van der Waals surface area contributed by atoms with Gasteiger partial charge in [-0.2, -0.15) is 0 Å². The van der Waals surface area contributed by atoms with Crippen molar-refractivity contribution < 1.29 is 0 Å². The van der Waals surface area contributed by atoms with Crippen LogP contribution >= 0.6 is 11.6 Å². The number of nitrogens with zero attached hydrogens (tertiary/aromatic N) is 1. The molecule has 1 heterocycles. The molecule has 0 saturated carbocycles. The fourth-order valence-electron chi connectivity index (χ4n) is 2.05. The minimum atomic E-state index is 0.757. The molecule has 3 heteroatoms. The van der Waals surface area contributed by atoms with Crippen molar-refractivity contribution in [3.63, 3.8) is 0 Å². The van der Waals surface area contributed by atoms with Crippen LogP contribution in [0, 0.1) is 0 Å². The number of anilines is 1. The number of halogens is 1. The van der Waals surface area contributed by atoms with E-state index < -0.39 is 0 Å². The third-order valence-electron chi connectivity index (χ3n) is 3.03. The van der Waals surface area contributed by atoms with Gasteiger partial charge >= 0.3 is 0 Å². The monoisotopic (exact) mass is 268 g/mol. The smallest absolute Gasteiger partial charge is 0.0933 e. The van der Waals surface area contributed by atoms with Crippen LogP contribution in [0.15, 0.2) is 60.8 Å². The molecule has 0 unspecified atom stereocenters. The fourth-order valence-corrected chi connectivity index (χ4v) is 2.17. The average molecular weight is 269 g/mol. The third-order valence-corrected chi connectivity index (χ3v) is 3.28. The van der Waals surface area contributed by atoms with Gasteiger partial charge in [0.25, 0.3) is 0 Å². The number of hydrogen-bond donors (Lipinski definition) is 1. The van der Waals surface area contributed by atoms with Gasteiger partial charge in [-0.25, -0.2) is 0 Å². The quantitative estimate of drug-likeness (QED) is 0.756. The van der Waals surface area contributed by atoms with E-state index in [9.17, 15) is 0 Å². The molecule has 0 aliphatic rings. The number of pyridine rings is 1. The molecule has 1 aromatic heterocycles. The standard InChI is InChI=1S/C16H13ClN2/c17-14-8-6-12(7-9-14)11-19-15-5-1-3-13-4-2-10-18-16(13)15/h1-10,19H,11H2. The van der Waals surface area contributed by atoms with Crippen LogP contribution in [0.2, 0.25) is 5.02 Å². The highest BCUT2D eigenvalue weighted by atomic mass is 35.5. The van der Waals surface area contributed by atoms with Crippen molar-refractivity contribution in [1.29, 1.82) is 0 Å². The maximum atomic E-state index is 5.88. The Morgan fingerprint density at radius 3 is 2.58 bits per heavy atom. The number of benzene rings is 2. The predicted octanol–water partition coefficient (Wildman–Crippen LogP) is 4.50. The van der Waals surface area contributed by atoms with Gasteiger partial charge < -0.3 is 5.32 Å². The number of fused-ring (bicyclic) bond motifs is 1. The van der Waals surface area contributed by atoms with E-state index in [4.69, 9.17) is 11.6 Å². The minimum Gasteiger partial charge on any atom is -0.379 e. The van der Waals surface area contributed by atoms with E-state index in [1.165, 1.54) is 5.56 Å². The van der Waals surface area contributed by atoms with Gasteiger partial charge in [-0.3, -0.25) is 4.98 Å². The van der Waals surface area contributed by atoms with E-state index in [1.54, 1.807) is 0 Å². The summed E-state index contributed by atoms with van der Waals surface area (Å²) < 4.78 is 0. The molecule has 0 fully saturated rings. The van der Waals surface area contributed by atoms with Crippen LogP contribution in [0.1, 0.15) is 5.56 Å². The summed E-state index contributed by atoms with van der Waals surface area (Å²) in [6.07, 6.45) is 1.82. The Bertz CT molecular complexity index is 687. The van der Waals surface area contributed by atoms with Crippen LogP contribution < -0.4 is 5.32 Å². The molecule has 2 nitrogen and oxygen atoms in total. The molecule has 0 atom stereocenters. The molecule has 0 aliphatic carbocycles. The highest BCUT2D eigenvalue weighted by molar-refractivity contribution is 6.30. The Morgan fingerprint density at radius 2 is 1.74 bits per heavy atom. The Hall–Kier alpha value is -2.06. The van der Waals surface area contributed by atoms with Crippen LogP contribution in [-0.2, 0) is 6.54 Å². The van der Waals surface area contributed by atoms with Gasteiger partial charge in [0.2, 0.25) is 0 Å². The SMILES string of the molecule is Clc1ccc(CNc2cccc3cccnc23)cc1. The van der Waals surface area contributed by atoms with Crippen molar-refractivity contribution >= 4 is 28.2 Å². The third kappa shape index (κ3) is 2.69. The number of hydrogen-bond acceptors (Lipinski definition) is 2. The lowest BCUT2D eigenvalue weighted by atomic mass is 10.1. The van der Waals surface area contributed by atoms with Gasteiger partial charge in [0.05, 0.1) is 11.2 Å². The molecule has 0 spiro atoms. The summed E-state index contributed by atoms with van der Waals surface area (Å²) in [5.41, 5.74) is 3.24. The summed E-state index contributed by atoms with van der Waals surface area (Å²) in [5, 5.41) is 5.32. The molecular weight excluding hydrogens is 256 g/mol. The summed E-state index contributed by atoms with van der Waals surface area (Å²) >= 11 is 5.88. The Balaban J connectivity index is 1.84. The zero-order valence-corrected chi connectivity index (χ0v) is 11.1. The maximum Gasteiger partial charge on any atom is 0.0933 e. The number of aromatic nitrogens is 1. The lowest BCUT2D eigenvalue weighted by molar-refractivity contribution is 1.15. The number of rotatable bonds is 3. The van der Waals surface area contributed by atoms with Crippen molar-refractivity contribution in [2.45, 2.75) is 6.54 Å². The Morgan fingerprint density at radius 1 is 0.947 bits per heavy atom. The van der Waals surface area contributed by atoms with E-state index >= 15 is 0 Å². The summed E-state index contributed by atoms with van der Waals surface area (Å²) in [7, 11) is 0. The highest BCUT2D eigenvalue weighted by Crippen LogP contribution is 2.21. The first-order valence-corrected chi connectivity index (χ1v) is 6.53. The molecule has 2 aromatic carbocycles. The molecule has 0 saturated heterocycles.